The second kappa shape index (κ2) is 2.50. The fourth-order valence-corrected chi connectivity index (χ4v) is 0.787. The molecule has 0 aromatic rings. The minimum atomic E-state index is -4.09. The van der Waals surface area contributed by atoms with E-state index in [-0.39, 0.29) is 0 Å². The molecule has 5 heteroatoms. The van der Waals surface area contributed by atoms with Gasteiger partial charge in [-0.2, -0.15) is 0 Å². The average molecular weight is 296 g/mol. The Balaban J connectivity index is 3.40. The fraction of sp³-hybridized carbons (Fsp3) is 0.500. The Bertz CT molecular complexity index is 90.1. The Hall–Kier alpha value is 0.215. The van der Waals surface area contributed by atoms with Crippen LogP contribution in [0.3, 0.4) is 0 Å². The van der Waals surface area contributed by atoms with Gasteiger partial charge in [0.2, 0.25) is 0 Å². The second-order valence-corrected chi connectivity index (χ2v) is 6.67. The van der Waals surface area contributed by atoms with Crippen molar-refractivity contribution in [3.05, 3.63) is 0 Å². The summed E-state index contributed by atoms with van der Waals surface area (Å²) in [5.41, 5.74) is 0. The fourth-order valence-electron chi connectivity index (χ4n) is 0.0896. The summed E-state index contributed by atoms with van der Waals surface area (Å²) in [5, 5.41) is 7.53. The summed E-state index contributed by atoms with van der Waals surface area (Å²) >= 11 is -3.08. The first-order valence-electron chi connectivity index (χ1n) is 1.50. The minimum absolute atomic E-state index is 1.20. The maximum atomic E-state index is 10.9. The number of halogens is 3. The molecule has 0 atom stereocenters. The molecule has 0 bridgehead atoms. The molecule has 0 N–H and O–H groups in total. The quantitative estimate of drug-likeness (QED) is 0.613. The number of rotatable bonds is 0. The molecule has 0 fully saturated rings. The molecule has 0 amide bonds. The molecular formula is C2F3HgN. The normalized spacial score (nSPS) is 9.43. The second-order valence-electron chi connectivity index (χ2n) is 0.950. The van der Waals surface area contributed by atoms with Gasteiger partial charge in [-0.25, -0.2) is 0 Å². The molecule has 0 rings (SSSR count). The Labute approximate surface area is 50.5 Å². The van der Waals surface area contributed by atoms with Crippen molar-refractivity contribution in [1.29, 1.82) is 5.26 Å². The molecule has 0 radical (unpaired) electrons. The molecule has 0 aliphatic carbocycles. The molecule has 0 aromatic heterocycles. The van der Waals surface area contributed by atoms with Crippen LogP contribution in [-0.4, -0.2) is 3.69 Å². The summed E-state index contributed by atoms with van der Waals surface area (Å²) < 4.78 is 29.9. The van der Waals surface area contributed by atoms with Crippen molar-refractivity contribution in [2.24, 2.45) is 0 Å². The van der Waals surface area contributed by atoms with Crippen LogP contribution in [0.1, 0.15) is 0 Å². The first kappa shape index (κ1) is 7.22. The molecule has 0 heterocycles. The van der Waals surface area contributed by atoms with E-state index in [2.05, 4.69) is 0 Å². The summed E-state index contributed by atoms with van der Waals surface area (Å²) in [6.07, 6.45) is 0. The van der Waals surface area contributed by atoms with E-state index in [1.54, 1.807) is 0 Å². The summed E-state index contributed by atoms with van der Waals surface area (Å²) in [5.74, 6) is 0. The van der Waals surface area contributed by atoms with Gasteiger partial charge in [-0.3, -0.25) is 0 Å². The third-order valence-electron chi connectivity index (χ3n) is 0.280. The van der Waals surface area contributed by atoms with Crippen molar-refractivity contribution in [1.82, 2.24) is 0 Å². The molecule has 0 unspecified atom stereocenters. The van der Waals surface area contributed by atoms with Crippen LogP contribution in [0, 0.1) is 8.84 Å². The predicted octanol–water partition coefficient (Wildman–Crippen LogP) is 1.07. The van der Waals surface area contributed by atoms with Gasteiger partial charge < -0.3 is 0 Å². The van der Waals surface area contributed by atoms with E-state index in [1.165, 1.54) is 3.58 Å². The zero-order valence-corrected chi connectivity index (χ0v) is 8.79. The van der Waals surface area contributed by atoms with Gasteiger partial charge in [0.05, 0.1) is 0 Å². The SMILES string of the molecule is N#[C][Hg][C](F)(F)F. The number of hydrogen-bond donors (Lipinski definition) is 0. The van der Waals surface area contributed by atoms with Gasteiger partial charge in [-0.15, -0.1) is 0 Å². The third kappa shape index (κ3) is 6.22. The number of hydrogen-bond acceptors (Lipinski definition) is 1. The van der Waals surface area contributed by atoms with E-state index in [0.29, 0.717) is 0 Å². The third-order valence-corrected chi connectivity index (χ3v) is 2.45. The summed E-state index contributed by atoms with van der Waals surface area (Å²) in [7, 11) is 0. The van der Waals surface area contributed by atoms with E-state index in [1.807, 2.05) is 0 Å². The van der Waals surface area contributed by atoms with E-state index in [4.69, 9.17) is 5.26 Å². The van der Waals surface area contributed by atoms with Crippen molar-refractivity contribution < 1.29 is 37.7 Å². The van der Waals surface area contributed by atoms with Crippen LogP contribution in [0.2, 0.25) is 0 Å². The molecule has 36 valence electrons. The van der Waals surface area contributed by atoms with Gasteiger partial charge in [-0.05, 0) is 0 Å². The molecule has 0 saturated heterocycles. The van der Waals surface area contributed by atoms with Crippen LogP contribution in [0.25, 0.3) is 0 Å². The van der Waals surface area contributed by atoms with E-state index >= 15 is 0 Å². The number of nitrogens with zero attached hydrogens (tertiary/aromatic N) is 1. The van der Waals surface area contributed by atoms with Crippen molar-refractivity contribution in [2.75, 3.05) is 0 Å². The summed E-state index contributed by atoms with van der Waals surface area (Å²) in [6, 6.07) is 0. The van der Waals surface area contributed by atoms with Gasteiger partial charge in [0.15, 0.2) is 0 Å². The number of alkyl halides is 3. The van der Waals surface area contributed by atoms with Crippen LogP contribution in [-0.2, 0) is 24.6 Å². The topological polar surface area (TPSA) is 23.8 Å². The standard InChI is InChI=1S/CF3.CN.Hg/c2-1(3)4;1-2;. The van der Waals surface area contributed by atoms with E-state index in [0.717, 1.165) is 0 Å². The van der Waals surface area contributed by atoms with Crippen LogP contribution in [0.5, 0.6) is 0 Å². The molecule has 1 nitrogen and oxygen atoms in total. The number of nitriles is 1. The van der Waals surface area contributed by atoms with Crippen molar-refractivity contribution in [3.8, 4) is 3.58 Å². The average Bonchev–Trinajstić information content (AvgIpc) is 1.30. The zero-order chi connectivity index (χ0) is 5.91. The Morgan fingerprint density at radius 2 is 1.86 bits per heavy atom. The Kier molecular flexibility index (Phi) is 2.58. The van der Waals surface area contributed by atoms with Crippen LogP contribution >= 0.6 is 0 Å². The van der Waals surface area contributed by atoms with Crippen molar-refractivity contribution in [2.45, 2.75) is 3.69 Å². The van der Waals surface area contributed by atoms with Gasteiger partial charge in [0.25, 0.3) is 0 Å². The van der Waals surface area contributed by atoms with Crippen LogP contribution < -0.4 is 0 Å². The molecule has 0 aliphatic rings. The summed E-state index contributed by atoms with van der Waals surface area (Å²) in [6.45, 7) is 0. The first-order chi connectivity index (χ1) is 3.06. The predicted molar refractivity (Wildman–Crippen MR) is 11.7 cm³/mol. The zero-order valence-electron chi connectivity index (χ0n) is 3.29. The molecule has 0 aromatic carbocycles. The molecule has 0 aliphatic heterocycles. The van der Waals surface area contributed by atoms with Crippen molar-refractivity contribution >= 4 is 0 Å². The monoisotopic (exact) mass is 297 g/mol. The van der Waals surface area contributed by atoms with Gasteiger partial charge in [-0.1, -0.05) is 0 Å². The Morgan fingerprint density at radius 3 is 1.86 bits per heavy atom. The molecule has 0 saturated carbocycles. The van der Waals surface area contributed by atoms with Crippen LogP contribution in [0.15, 0.2) is 0 Å². The van der Waals surface area contributed by atoms with Crippen molar-refractivity contribution in [3.63, 3.8) is 0 Å². The van der Waals surface area contributed by atoms with Gasteiger partial charge in [0, 0.05) is 0 Å². The van der Waals surface area contributed by atoms with Gasteiger partial charge >= 0.3 is 50.3 Å². The maximum absolute atomic E-state index is 10.9. The van der Waals surface area contributed by atoms with Gasteiger partial charge in [0.1, 0.15) is 0 Å². The van der Waals surface area contributed by atoms with E-state index in [9.17, 15) is 13.2 Å². The Morgan fingerprint density at radius 1 is 1.43 bits per heavy atom. The molecular weight excluding hydrogens is 296 g/mol. The molecule has 7 heavy (non-hydrogen) atoms. The van der Waals surface area contributed by atoms with Crippen LogP contribution in [0.4, 0.5) is 13.2 Å². The summed E-state index contributed by atoms with van der Waals surface area (Å²) in [4.78, 5) is 0. The molecule has 0 spiro atoms. The first-order valence-corrected chi connectivity index (χ1v) is 7.00. The van der Waals surface area contributed by atoms with E-state index < -0.39 is 28.3 Å².